The van der Waals surface area contributed by atoms with Crippen LogP contribution in [0.1, 0.15) is 27.2 Å². The van der Waals surface area contributed by atoms with Crippen LogP contribution in [0.2, 0.25) is 0 Å². The van der Waals surface area contributed by atoms with E-state index in [0.29, 0.717) is 23.4 Å². The molecular weight excluding hydrogens is 323 g/mol. The highest BCUT2D eigenvalue weighted by atomic mass is 19.4. The van der Waals surface area contributed by atoms with Gasteiger partial charge < -0.3 is 14.6 Å². The number of alkyl halides is 3. The number of nitrogens with zero attached hydrogens (tertiary/aromatic N) is 2. The van der Waals surface area contributed by atoms with Gasteiger partial charge in [-0.15, -0.1) is 0 Å². The molecule has 5 nitrogen and oxygen atoms in total. The van der Waals surface area contributed by atoms with Crippen molar-refractivity contribution in [2.75, 3.05) is 13.7 Å². The fraction of sp³-hybridized carbons (Fsp3) is 0.375. The maximum absolute atomic E-state index is 12.3. The first kappa shape index (κ1) is 17.8. The summed E-state index contributed by atoms with van der Waals surface area (Å²) in [6.07, 6.45) is -1.53. The quantitative estimate of drug-likeness (QED) is 0.908. The number of ether oxygens (including phenoxy) is 1. The fourth-order valence-corrected chi connectivity index (χ4v) is 2.44. The number of H-pyrrole nitrogens is 1. The van der Waals surface area contributed by atoms with E-state index < -0.39 is 12.8 Å². The third-order valence-corrected chi connectivity index (χ3v) is 3.40. The lowest BCUT2D eigenvalue weighted by molar-refractivity contribution is -0.153. The number of carbonyl (C=O) groups is 1. The van der Waals surface area contributed by atoms with Gasteiger partial charge in [-0.05, 0) is 30.5 Å². The van der Waals surface area contributed by atoms with Gasteiger partial charge in [0.15, 0.2) is 6.61 Å². The predicted molar refractivity (Wildman–Crippen MR) is 81.9 cm³/mol. The third kappa shape index (κ3) is 4.50. The SMILES string of the molecule is Cc1cc(CN(C)C(=O)c2cnc[nH]2)cc(C)c1OCC(F)(F)F. The highest BCUT2D eigenvalue weighted by Gasteiger charge is 2.29. The number of rotatable bonds is 5. The van der Waals surface area contributed by atoms with Gasteiger partial charge in [0.1, 0.15) is 11.4 Å². The molecule has 24 heavy (non-hydrogen) atoms. The number of amides is 1. The summed E-state index contributed by atoms with van der Waals surface area (Å²) in [6, 6.07) is 3.44. The summed E-state index contributed by atoms with van der Waals surface area (Å²) in [5.74, 6) is -0.00109. The van der Waals surface area contributed by atoms with Crippen LogP contribution in [0, 0.1) is 13.8 Å². The molecule has 1 N–H and O–H groups in total. The van der Waals surface area contributed by atoms with E-state index in [0.717, 1.165) is 5.56 Å². The van der Waals surface area contributed by atoms with Crippen LogP contribution in [-0.4, -0.2) is 40.6 Å². The van der Waals surface area contributed by atoms with Gasteiger partial charge in [-0.1, -0.05) is 12.1 Å². The van der Waals surface area contributed by atoms with Gasteiger partial charge >= 0.3 is 6.18 Å². The van der Waals surface area contributed by atoms with Crippen molar-refractivity contribution in [2.45, 2.75) is 26.6 Å². The lowest BCUT2D eigenvalue weighted by Crippen LogP contribution is -2.26. The molecule has 1 aromatic carbocycles. The second-order valence-corrected chi connectivity index (χ2v) is 5.59. The van der Waals surface area contributed by atoms with Gasteiger partial charge in [-0.3, -0.25) is 4.79 Å². The first-order chi connectivity index (χ1) is 11.2. The van der Waals surface area contributed by atoms with E-state index in [-0.39, 0.29) is 11.7 Å². The molecule has 0 fully saturated rings. The molecule has 0 radical (unpaired) electrons. The highest BCUT2D eigenvalue weighted by Crippen LogP contribution is 2.27. The average Bonchev–Trinajstić information content (AvgIpc) is 2.98. The molecular formula is C16H18F3N3O2. The molecule has 0 aliphatic heterocycles. The Morgan fingerprint density at radius 3 is 2.42 bits per heavy atom. The Morgan fingerprint density at radius 1 is 1.29 bits per heavy atom. The van der Waals surface area contributed by atoms with E-state index in [1.54, 1.807) is 33.0 Å². The number of halogens is 3. The summed E-state index contributed by atoms with van der Waals surface area (Å²) < 4.78 is 41.8. The smallest absolute Gasteiger partial charge is 0.422 e. The van der Waals surface area contributed by atoms with Crippen LogP contribution in [0.5, 0.6) is 5.75 Å². The molecule has 0 saturated heterocycles. The molecule has 1 amide bonds. The Bertz CT molecular complexity index is 689. The van der Waals surface area contributed by atoms with Crippen molar-refractivity contribution in [1.29, 1.82) is 0 Å². The maximum Gasteiger partial charge on any atom is 0.422 e. The van der Waals surface area contributed by atoms with E-state index in [9.17, 15) is 18.0 Å². The topological polar surface area (TPSA) is 58.2 Å². The monoisotopic (exact) mass is 341 g/mol. The van der Waals surface area contributed by atoms with E-state index in [2.05, 4.69) is 9.97 Å². The normalized spacial score (nSPS) is 11.4. The molecule has 0 atom stereocenters. The number of aromatic amines is 1. The summed E-state index contributed by atoms with van der Waals surface area (Å²) in [4.78, 5) is 20.2. The molecule has 0 bridgehead atoms. The summed E-state index contributed by atoms with van der Waals surface area (Å²) in [5, 5.41) is 0. The van der Waals surface area contributed by atoms with Crippen molar-refractivity contribution in [3.8, 4) is 5.75 Å². The van der Waals surface area contributed by atoms with Gasteiger partial charge in [0.2, 0.25) is 0 Å². The molecule has 130 valence electrons. The van der Waals surface area contributed by atoms with Gasteiger partial charge in [0.05, 0.1) is 12.5 Å². The molecule has 0 unspecified atom stereocenters. The van der Waals surface area contributed by atoms with E-state index in [1.807, 2.05) is 0 Å². The van der Waals surface area contributed by atoms with Crippen molar-refractivity contribution in [2.24, 2.45) is 0 Å². The van der Waals surface area contributed by atoms with E-state index in [1.165, 1.54) is 17.4 Å². The molecule has 1 aromatic heterocycles. The van der Waals surface area contributed by atoms with Crippen LogP contribution in [-0.2, 0) is 6.54 Å². The minimum absolute atomic E-state index is 0.221. The maximum atomic E-state index is 12.3. The number of hydrogen-bond donors (Lipinski definition) is 1. The lowest BCUT2D eigenvalue weighted by atomic mass is 10.1. The molecule has 2 aromatic rings. The highest BCUT2D eigenvalue weighted by molar-refractivity contribution is 5.91. The summed E-state index contributed by atoms with van der Waals surface area (Å²) in [6.45, 7) is 2.35. The zero-order valence-electron chi connectivity index (χ0n) is 13.6. The molecule has 1 heterocycles. The minimum Gasteiger partial charge on any atom is -0.484 e. The average molecular weight is 341 g/mol. The molecule has 2 rings (SSSR count). The minimum atomic E-state index is -4.38. The third-order valence-electron chi connectivity index (χ3n) is 3.40. The van der Waals surface area contributed by atoms with Gasteiger partial charge in [-0.25, -0.2) is 4.98 Å². The second kappa shape index (κ2) is 6.94. The van der Waals surface area contributed by atoms with Crippen LogP contribution >= 0.6 is 0 Å². The summed E-state index contributed by atoms with van der Waals surface area (Å²) in [7, 11) is 1.64. The number of carbonyl (C=O) groups excluding carboxylic acids is 1. The summed E-state index contributed by atoms with van der Waals surface area (Å²) >= 11 is 0. The fourth-order valence-electron chi connectivity index (χ4n) is 2.44. The number of aryl methyl sites for hydroxylation is 2. The number of imidazole rings is 1. The van der Waals surface area contributed by atoms with Crippen molar-refractivity contribution in [3.05, 3.63) is 47.0 Å². The summed E-state index contributed by atoms with van der Waals surface area (Å²) in [5.41, 5.74) is 2.36. The van der Waals surface area contributed by atoms with Crippen molar-refractivity contribution < 1.29 is 22.7 Å². The van der Waals surface area contributed by atoms with E-state index >= 15 is 0 Å². The zero-order valence-corrected chi connectivity index (χ0v) is 13.6. The molecule has 0 spiro atoms. The Kier molecular flexibility index (Phi) is 5.16. The lowest BCUT2D eigenvalue weighted by Gasteiger charge is -2.19. The van der Waals surface area contributed by atoms with Crippen LogP contribution < -0.4 is 4.74 Å². The van der Waals surface area contributed by atoms with Crippen molar-refractivity contribution >= 4 is 5.91 Å². The van der Waals surface area contributed by atoms with Gasteiger partial charge in [-0.2, -0.15) is 13.2 Å². The Hall–Kier alpha value is -2.51. The van der Waals surface area contributed by atoms with Crippen LogP contribution in [0.4, 0.5) is 13.2 Å². The van der Waals surface area contributed by atoms with Crippen molar-refractivity contribution in [1.82, 2.24) is 14.9 Å². The molecule has 8 heteroatoms. The largest absolute Gasteiger partial charge is 0.484 e. The van der Waals surface area contributed by atoms with Crippen LogP contribution in [0.3, 0.4) is 0 Å². The van der Waals surface area contributed by atoms with E-state index in [4.69, 9.17) is 4.74 Å². The van der Waals surface area contributed by atoms with Crippen LogP contribution in [0.15, 0.2) is 24.7 Å². The number of aromatic nitrogens is 2. The number of nitrogens with one attached hydrogen (secondary N) is 1. The van der Waals surface area contributed by atoms with Gasteiger partial charge in [0.25, 0.3) is 5.91 Å². The van der Waals surface area contributed by atoms with Crippen LogP contribution in [0.25, 0.3) is 0 Å². The first-order valence-electron chi connectivity index (χ1n) is 7.21. The Labute approximate surface area is 137 Å². The van der Waals surface area contributed by atoms with Crippen molar-refractivity contribution in [3.63, 3.8) is 0 Å². The first-order valence-corrected chi connectivity index (χ1v) is 7.21. The number of hydrogen-bond acceptors (Lipinski definition) is 3. The molecule has 0 aliphatic rings. The van der Waals surface area contributed by atoms with Gasteiger partial charge in [0, 0.05) is 13.6 Å². The Morgan fingerprint density at radius 2 is 1.92 bits per heavy atom. The molecule has 0 saturated carbocycles. The zero-order chi connectivity index (χ0) is 17.9. The predicted octanol–water partition coefficient (Wildman–Crippen LogP) is 3.24. The Balaban J connectivity index is 2.11. The number of benzene rings is 1. The molecule has 0 aliphatic carbocycles. The second-order valence-electron chi connectivity index (χ2n) is 5.59. The standard InChI is InChI=1S/C16H18F3N3O2/c1-10-4-12(5-11(2)14(10)24-8-16(17,18)19)7-22(3)15(23)13-6-20-9-21-13/h4-6,9H,7-8H2,1-3H3,(H,20,21).